The van der Waals surface area contributed by atoms with Crippen LogP contribution >= 0.6 is 11.3 Å². The standard InChI is InChI=1S/C21H24N4O4S2/c1-14(2)20-23-24-21(30-20)25-31(27,28)18-10-4-15(5-11-18)12-13-22-19(26)16-6-8-17(29-3)9-7-16/h4-11,14H,12-13H2,1-3H3,(H,22,26)(H,24,25). The zero-order chi connectivity index (χ0) is 22.4. The number of carbonyl (C=O) groups is 1. The number of ether oxygens (including phenoxy) is 1. The number of rotatable bonds is 9. The lowest BCUT2D eigenvalue weighted by Gasteiger charge is -2.08. The molecule has 0 bridgehead atoms. The van der Waals surface area contributed by atoms with E-state index in [4.69, 9.17) is 4.74 Å². The summed E-state index contributed by atoms with van der Waals surface area (Å²) in [6.07, 6.45) is 0.573. The molecular formula is C21H24N4O4S2. The third-order valence-corrected chi connectivity index (χ3v) is 7.06. The number of methoxy groups -OCH3 is 1. The highest BCUT2D eigenvalue weighted by Crippen LogP contribution is 2.24. The first-order valence-electron chi connectivity index (χ1n) is 9.66. The summed E-state index contributed by atoms with van der Waals surface area (Å²) < 4.78 is 32.7. The van der Waals surface area contributed by atoms with Crippen molar-refractivity contribution < 1.29 is 17.9 Å². The van der Waals surface area contributed by atoms with Crippen molar-refractivity contribution in [1.29, 1.82) is 0 Å². The van der Waals surface area contributed by atoms with Crippen LogP contribution in [-0.4, -0.2) is 38.2 Å². The monoisotopic (exact) mass is 460 g/mol. The topological polar surface area (TPSA) is 110 Å². The maximum absolute atomic E-state index is 12.6. The van der Waals surface area contributed by atoms with Crippen molar-refractivity contribution in [2.75, 3.05) is 18.4 Å². The Balaban J connectivity index is 1.54. The molecule has 164 valence electrons. The van der Waals surface area contributed by atoms with E-state index >= 15 is 0 Å². The van der Waals surface area contributed by atoms with E-state index in [1.54, 1.807) is 43.5 Å². The largest absolute Gasteiger partial charge is 0.497 e. The zero-order valence-electron chi connectivity index (χ0n) is 17.5. The van der Waals surface area contributed by atoms with Gasteiger partial charge in [0.05, 0.1) is 12.0 Å². The van der Waals surface area contributed by atoms with Crippen LogP contribution in [0.2, 0.25) is 0 Å². The van der Waals surface area contributed by atoms with Gasteiger partial charge in [0, 0.05) is 18.0 Å². The molecule has 0 spiro atoms. The molecule has 0 radical (unpaired) electrons. The van der Waals surface area contributed by atoms with Crippen LogP contribution < -0.4 is 14.8 Å². The number of nitrogens with zero attached hydrogens (tertiary/aromatic N) is 2. The zero-order valence-corrected chi connectivity index (χ0v) is 19.1. The molecule has 0 saturated carbocycles. The van der Waals surface area contributed by atoms with E-state index in [0.717, 1.165) is 10.6 Å². The third-order valence-electron chi connectivity index (χ3n) is 4.44. The van der Waals surface area contributed by atoms with Gasteiger partial charge in [0.15, 0.2) is 0 Å². The van der Waals surface area contributed by atoms with Gasteiger partial charge in [-0.15, -0.1) is 10.2 Å². The molecule has 0 aliphatic carbocycles. The number of amides is 1. The molecule has 1 heterocycles. The van der Waals surface area contributed by atoms with Gasteiger partial charge < -0.3 is 10.1 Å². The molecule has 8 nitrogen and oxygen atoms in total. The smallest absolute Gasteiger partial charge is 0.263 e. The number of nitrogens with one attached hydrogen (secondary N) is 2. The normalized spacial score (nSPS) is 11.4. The highest BCUT2D eigenvalue weighted by Gasteiger charge is 2.17. The fourth-order valence-electron chi connectivity index (χ4n) is 2.68. The Bertz CT molecular complexity index is 1120. The van der Waals surface area contributed by atoms with Crippen LogP contribution in [-0.2, 0) is 16.4 Å². The second-order valence-corrected chi connectivity index (χ2v) is 9.78. The number of benzene rings is 2. The summed E-state index contributed by atoms with van der Waals surface area (Å²) in [7, 11) is -2.17. The fourth-order valence-corrected chi connectivity index (χ4v) is 4.66. The molecular weight excluding hydrogens is 436 g/mol. The molecule has 10 heteroatoms. The molecule has 3 rings (SSSR count). The molecule has 0 unspecified atom stereocenters. The summed E-state index contributed by atoms with van der Waals surface area (Å²) in [4.78, 5) is 12.3. The Labute approximate surface area is 185 Å². The highest BCUT2D eigenvalue weighted by atomic mass is 32.2. The molecule has 0 aliphatic heterocycles. The predicted octanol–water partition coefficient (Wildman–Crippen LogP) is 3.44. The molecule has 2 N–H and O–H groups in total. The van der Waals surface area contributed by atoms with Gasteiger partial charge in [0.25, 0.3) is 15.9 Å². The van der Waals surface area contributed by atoms with Crippen molar-refractivity contribution in [3.8, 4) is 5.75 Å². The minimum Gasteiger partial charge on any atom is -0.497 e. The van der Waals surface area contributed by atoms with Crippen LogP contribution in [0.4, 0.5) is 5.13 Å². The average Bonchev–Trinajstić information content (AvgIpc) is 3.22. The van der Waals surface area contributed by atoms with Crippen LogP contribution in [0, 0.1) is 0 Å². The van der Waals surface area contributed by atoms with E-state index in [2.05, 4.69) is 20.2 Å². The van der Waals surface area contributed by atoms with Crippen LogP contribution in [0.3, 0.4) is 0 Å². The lowest BCUT2D eigenvalue weighted by Crippen LogP contribution is -2.25. The first-order valence-corrected chi connectivity index (χ1v) is 12.0. The van der Waals surface area contributed by atoms with Crippen LogP contribution in [0.15, 0.2) is 53.4 Å². The maximum Gasteiger partial charge on any atom is 0.263 e. The second-order valence-electron chi connectivity index (χ2n) is 7.08. The summed E-state index contributed by atoms with van der Waals surface area (Å²) in [6.45, 7) is 4.37. The van der Waals surface area contributed by atoms with Gasteiger partial charge >= 0.3 is 0 Å². The SMILES string of the molecule is COc1ccc(C(=O)NCCc2ccc(S(=O)(=O)Nc3nnc(C(C)C)s3)cc2)cc1. The van der Waals surface area contributed by atoms with Crippen molar-refractivity contribution in [3.05, 3.63) is 64.7 Å². The molecule has 3 aromatic rings. The van der Waals surface area contributed by atoms with E-state index in [9.17, 15) is 13.2 Å². The molecule has 0 atom stereocenters. The van der Waals surface area contributed by atoms with Gasteiger partial charge in [0.1, 0.15) is 10.8 Å². The first-order chi connectivity index (χ1) is 14.8. The van der Waals surface area contributed by atoms with Crippen molar-refractivity contribution in [2.45, 2.75) is 31.1 Å². The number of hydrogen-bond acceptors (Lipinski definition) is 7. The van der Waals surface area contributed by atoms with Gasteiger partial charge in [-0.05, 0) is 48.4 Å². The van der Waals surface area contributed by atoms with Gasteiger partial charge in [-0.1, -0.05) is 37.3 Å². The lowest BCUT2D eigenvalue weighted by molar-refractivity contribution is 0.0954. The second kappa shape index (κ2) is 9.88. The summed E-state index contributed by atoms with van der Waals surface area (Å²) in [5, 5.41) is 11.7. The minimum absolute atomic E-state index is 0.139. The Hall–Kier alpha value is -2.98. The van der Waals surface area contributed by atoms with Crippen molar-refractivity contribution in [1.82, 2.24) is 15.5 Å². The minimum atomic E-state index is -3.74. The van der Waals surface area contributed by atoms with Crippen molar-refractivity contribution in [3.63, 3.8) is 0 Å². The molecule has 31 heavy (non-hydrogen) atoms. The quantitative estimate of drug-likeness (QED) is 0.506. The first kappa shape index (κ1) is 22.7. The molecule has 2 aromatic carbocycles. The molecule has 1 aromatic heterocycles. The number of anilines is 1. The summed E-state index contributed by atoms with van der Waals surface area (Å²) in [5.74, 6) is 0.691. The van der Waals surface area contributed by atoms with E-state index in [1.165, 1.54) is 23.5 Å². The summed E-state index contributed by atoms with van der Waals surface area (Å²) >= 11 is 1.22. The van der Waals surface area contributed by atoms with Gasteiger partial charge in [0.2, 0.25) is 5.13 Å². The maximum atomic E-state index is 12.6. The fraction of sp³-hybridized carbons (Fsp3) is 0.286. The average molecular weight is 461 g/mol. The Morgan fingerprint density at radius 3 is 2.32 bits per heavy atom. The van der Waals surface area contributed by atoms with Gasteiger partial charge in [-0.3, -0.25) is 9.52 Å². The Kier molecular flexibility index (Phi) is 7.24. The predicted molar refractivity (Wildman–Crippen MR) is 120 cm³/mol. The van der Waals surface area contributed by atoms with Crippen LogP contribution in [0.1, 0.15) is 40.7 Å². The number of hydrogen-bond donors (Lipinski definition) is 2. The van der Waals surface area contributed by atoms with E-state index < -0.39 is 10.0 Å². The Morgan fingerprint density at radius 1 is 1.06 bits per heavy atom. The molecule has 1 amide bonds. The molecule has 0 aliphatic rings. The van der Waals surface area contributed by atoms with E-state index in [1.807, 2.05) is 13.8 Å². The summed E-state index contributed by atoms with van der Waals surface area (Å²) in [6, 6.07) is 13.4. The Morgan fingerprint density at radius 2 is 1.74 bits per heavy atom. The third kappa shape index (κ3) is 6.02. The van der Waals surface area contributed by atoms with Gasteiger partial charge in [-0.25, -0.2) is 8.42 Å². The number of carbonyl (C=O) groups excluding carboxylic acids is 1. The molecule has 0 saturated heterocycles. The number of aromatic nitrogens is 2. The highest BCUT2D eigenvalue weighted by molar-refractivity contribution is 7.93. The van der Waals surface area contributed by atoms with E-state index in [-0.39, 0.29) is 21.9 Å². The van der Waals surface area contributed by atoms with Crippen molar-refractivity contribution >= 4 is 32.4 Å². The lowest BCUT2D eigenvalue weighted by atomic mass is 10.1. The molecule has 0 fully saturated rings. The van der Waals surface area contributed by atoms with Gasteiger partial charge in [-0.2, -0.15) is 0 Å². The summed E-state index contributed by atoms with van der Waals surface area (Å²) in [5.41, 5.74) is 1.46. The van der Waals surface area contributed by atoms with E-state index in [0.29, 0.717) is 24.3 Å². The van der Waals surface area contributed by atoms with Crippen LogP contribution in [0.25, 0.3) is 0 Å². The van der Waals surface area contributed by atoms with Crippen LogP contribution in [0.5, 0.6) is 5.75 Å². The van der Waals surface area contributed by atoms with Crippen molar-refractivity contribution in [2.24, 2.45) is 0 Å². The number of sulfonamides is 1.